The van der Waals surface area contributed by atoms with Crippen molar-refractivity contribution in [1.29, 1.82) is 0 Å². The maximum atomic E-state index is 11.0. The average molecular weight is 351 g/mol. The van der Waals surface area contributed by atoms with E-state index in [0.29, 0.717) is 5.58 Å². The lowest BCUT2D eigenvalue weighted by Crippen LogP contribution is -2.36. The smallest absolute Gasteiger partial charge is 0.371 e. The summed E-state index contributed by atoms with van der Waals surface area (Å²) in [5.74, 6) is -1.06. The van der Waals surface area contributed by atoms with Crippen molar-refractivity contribution < 1.29 is 19.1 Å². The maximum absolute atomic E-state index is 11.0. The molecule has 1 N–H and O–H groups in total. The van der Waals surface area contributed by atoms with Crippen LogP contribution in [0.5, 0.6) is 0 Å². The minimum atomic E-state index is -1.04. The maximum Gasteiger partial charge on any atom is 0.371 e. The number of nitrogens with zero attached hydrogens (tertiary/aromatic N) is 1. The monoisotopic (exact) mass is 351 g/mol. The number of aryl methyl sites for hydroxylation is 2. The van der Waals surface area contributed by atoms with Crippen molar-refractivity contribution in [2.24, 2.45) is 0 Å². The standard InChI is InChI=1S/C21H21NO4/c23-21(24)20-14-17-7-6-16(13-19(17)26-20)5-4-15-2-1-3-18(12-15)22-8-10-25-11-9-22/h1-3,6-7,12-14H,4-5,8-11H2,(H,23,24). The van der Waals surface area contributed by atoms with Crippen molar-refractivity contribution in [1.82, 2.24) is 0 Å². The summed E-state index contributed by atoms with van der Waals surface area (Å²) in [7, 11) is 0. The van der Waals surface area contributed by atoms with E-state index >= 15 is 0 Å². The summed E-state index contributed by atoms with van der Waals surface area (Å²) in [6, 6.07) is 16.1. The van der Waals surface area contributed by atoms with Gasteiger partial charge in [-0.3, -0.25) is 0 Å². The van der Waals surface area contributed by atoms with Crippen LogP contribution in [-0.4, -0.2) is 37.4 Å². The van der Waals surface area contributed by atoms with E-state index in [2.05, 4.69) is 29.2 Å². The quantitative estimate of drug-likeness (QED) is 0.758. The van der Waals surface area contributed by atoms with Crippen molar-refractivity contribution in [3.8, 4) is 0 Å². The van der Waals surface area contributed by atoms with E-state index in [1.165, 1.54) is 11.3 Å². The topological polar surface area (TPSA) is 62.9 Å². The molecule has 3 aromatic rings. The lowest BCUT2D eigenvalue weighted by atomic mass is 10.0. The molecule has 0 saturated carbocycles. The highest BCUT2D eigenvalue weighted by atomic mass is 16.5. The Hall–Kier alpha value is -2.79. The summed E-state index contributed by atoms with van der Waals surface area (Å²) < 4.78 is 10.8. The largest absolute Gasteiger partial charge is 0.475 e. The molecule has 0 amide bonds. The molecule has 5 nitrogen and oxygen atoms in total. The van der Waals surface area contributed by atoms with Crippen LogP contribution >= 0.6 is 0 Å². The Morgan fingerprint density at radius 2 is 1.77 bits per heavy atom. The number of ether oxygens (including phenoxy) is 1. The molecule has 134 valence electrons. The Morgan fingerprint density at radius 3 is 2.54 bits per heavy atom. The predicted molar refractivity (Wildman–Crippen MR) is 100 cm³/mol. The van der Waals surface area contributed by atoms with Crippen LogP contribution in [0.1, 0.15) is 21.7 Å². The van der Waals surface area contributed by atoms with E-state index in [-0.39, 0.29) is 5.76 Å². The van der Waals surface area contributed by atoms with E-state index in [1.54, 1.807) is 6.07 Å². The van der Waals surface area contributed by atoms with Crippen molar-refractivity contribution in [2.45, 2.75) is 12.8 Å². The Kier molecular flexibility index (Phi) is 4.63. The molecule has 5 heteroatoms. The molecule has 4 rings (SSSR count). The van der Waals surface area contributed by atoms with Crippen LogP contribution in [0.15, 0.2) is 52.9 Å². The number of carboxylic acids is 1. The second kappa shape index (κ2) is 7.22. The van der Waals surface area contributed by atoms with Crippen LogP contribution in [0.4, 0.5) is 5.69 Å². The molecule has 2 heterocycles. The molecular formula is C21H21NO4. The summed E-state index contributed by atoms with van der Waals surface area (Å²) in [5.41, 5.74) is 4.31. The summed E-state index contributed by atoms with van der Waals surface area (Å²) >= 11 is 0. The molecule has 1 fully saturated rings. The van der Waals surface area contributed by atoms with E-state index in [1.807, 2.05) is 18.2 Å². The lowest BCUT2D eigenvalue weighted by molar-refractivity contribution is 0.0665. The van der Waals surface area contributed by atoms with Gasteiger partial charge in [-0.25, -0.2) is 4.79 Å². The third kappa shape index (κ3) is 3.58. The minimum absolute atomic E-state index is 0.0182. The number of furan rings is 1. The fourth-order valence-corrected chi connectivity index (χ4v) is 3.36. The number of hydrogen-bond acceptors (Lipinski definition) is 4. The Labute approximate surface area is 151 Å². The van der Waals surface area contributed by atoms with Crippen molar-refractivity contribution in [3.05, 3.63) is 65.4 Å². The highest BCUT2D eigenvalue weighted by Crippen LogP contribution is 2.23. The van der Waals surface area contributed by atoms with E-state index in [0.717, 1.165) is 50.1 Å². The van der Waals surface area contributed by atoms with Gasteiger partial charge in [0.05, 0.1) is 13.2 Å². The third-order valence-corrected chi connectivity index (χ3v) is 4.78. The van der Waals surface area contributed by atoms with Crippen molar-refractivity contribution >= 4 is 22.6 Å². The molecule has 1 aromatic heterocycles. The molecule has 0 atom stereocenters. The zero-order valence-electron chi connectivity index (χ0n) is 14.5. The number of morpholine rings is 1. The molecule has 0 spiro atoms. The van der Waals surface area contributed by atoms with Gasteiger partial charge >= 0.3 is 5.97 Å². The number of carbonyl (C=O) groups is 1. The van der Waals surface area contributed by atoms with Gasteiger partial charge in [0.2, 0.25) is 5.76 Å². The number of fused-ring (bicyclic) bond motifs is 1. The molecule has 0 unspecified atom stereocenters. The third-order valence-electron chi connectivity index (χ3n) is 4.78. The summed E-state index contributed by atoms with van der Waals surface area (Å²) in [6.45, 7) is 3.44. The number of carboxylic acid groups (broad SMARTS) is 1. The van der Waals surface area contributed by atoms with Gasteiger partial charge in [0.25, 0.3) is 0 Å². The first kappa shape index (κ1) is 16.7. The van der Waals surface area contributed by atoms with Crippen molar-refractivity contribution in [3.63, 3.8) is 0 Å². The fraction of sp³-hybridized carbons (Fsp3) is 0.286. The summed E-state index contributed by atoms with van der Waals surface area (Å²) in [4.78, 5) is 13.4. The first-order valence-corrected chi connectivity index (χ1v) is 8.86. The Morgan fingerprint density at radius 1 is 1.00 bits per heavy atom. The van der Waals surface area contributed by atoms with Crippen LogP contribution in [-0.2, 0) is 17.6 Å². The number of aromatic carboxylic acids is 1. The zero-order valence-corrected chi connectivity index (χ0v) is 14.5. The van der Waals surface area contributed by atoms with Crippen molar-refractivity contribution in [2.75, 3.05) is 31.2 Å². The molecule has 1 aliphatic heterocycles. The fourth-order valence-electron chi connectivity index (χ4n) is 3.36. The molecule has 1 saturated heterocycles. The highest BCUT2D eigenvalue weighted by Gasteiger charge is 2.12. The van der Waals surface area contributed by atoms with Gasteiger partial charge in [0, 0.05) is 24.2 Å². The van der Waals surface area contributed by atoms with E-state index in [4.69, 9.17) is 14.3 Å². The van der Waals surface area contributed by atoms with Crippen LogP contribution in [0, 0.1) is 0 Å². The van der Waals surface area contributed by atoms with Crippen LogP contribution in [0.3, 0.4) is 0 Å². The molecular weight excluding hydrogens is 330 g/mol. The van der Waals surface area contributed by atoms with Gasteiger partial charge in [0.15, 0.2) is 0 Å². The van der Waals surface area contributed by atoms with E-state index in [9.17, 15) is 4.79 Å². The van der Waals surface area contributed by atoms with Gasteiger partial charge in [-0.05, 0) is 48.2 Å². The zero-order chi connectivity index (χ0) is 17.9. The highest BCUT2D eigenvalue weighted by molar-refractivity contribution is 5.91. The Bertz CT molecular complexity index is 925. The summed E-state index contributed by atoms with van der Waals surface area (Å²) in [5, 5.41) is 9.85. The number of rotatable bonds is 5. The first-order valence-electron chi connectivity index (χ1n) is 8.86. The molecule has 0 bridgehead atoms. The summed E-state index contributed by atoms with van der Waals surface area (Å²) in [6.07, 6.45) is 1.81. The lowest BCUT2D eigenvalue weighted by Gasteiger charge is -2.29. The first-order chi connectivity index (χ1) is 12.7. The minimum Gasteiger partial charge on any atom is -0.475 e. The van der Waals surface area contributed by atoms with E-state index < -0.39 is 5.97 Å². The number of benzene rings is 2. The van der Waals surface area contributed by atoms with Gasteiger partial charge < -0.3 is 19.2 Å². The second-order valence-corrected chi connectivity index (χ2v) is 6.56. The van der Waals surface area contributed by atoms with Crippen LogP contribution in [0.25, 0.3) is 11.0 Å². The molecule has 2 aromatic carbocycles. The van der Waals surface area contributed by atoms with Gasteiger partial charge in [-0.1, -0.05) is 24.3 Å². The second-order valence-electron chi connectivity index (χ2n) is 6.56. The SMILES string of the molecule is O=C(O)c1cc2ccc(CCc3cccc(N4CCOCC4)c3)cc2o1. The molecule has 1 aliphatic rings. The Balaban J connectivity index is 1.46. The van der Waals surface area contributed by atoms with Crippen LogP contribution < -0.4 is 4.90 Å². The predicted octanol–water partition coefficient (Wildman–Crippen LogP) is 3.75. The average Bonchev–Trinajstić information content (AvgIpc) is 3.11. The molecule has 0 aliphatic carbocycles. The number of anilines is 1. The molecule has 0 radical (unpaired) electrons. The van der Waals surface area contributed by atoms with Gasteiger partial charge in [-0.15, -0.1) is 0 Å². The molecule has 26 heavy (non-hydrogen) atoms. The number of hydrogen-bond donors (Lipinski definition) is 1. The van der Waals surface area contributed by atoms with Gasteiger partial charge in [0.1, 0.15) is 5.58 Å². The normalized spacial score (nSPS) is 14.7. The van der Waals surface area contributed by atoms with Gasteiger partial charge in [-0.2, -0.15) is 0 Å². The van der Waals surface area contributed by atoms with Crippen LogP contribution in [0.2, 0.25) is 0 Å².